The average Bonchev–Trinajstić information content (AvgIpc) is 2.94. The number of hydrogen-bond donors (Lipinski definition) is 0. The molecule has 0 amide bonds. The van der Waals surface area contributed by atoms with Crippen molar-refractivity contribution in [2.75, 3.05) is 13.2 Å². The van der Waals surface area contributed by atoms with E-state index in [-0.39, 0.29) is 17.4 Å². The number of aromatic nitrogens is 2. The van der Waals surface area contributed by atoms with Crippen molar-refractivity contribution < 1.29 is 13.5 Å². The molecule has 1 saturated heterocycles. The van der Waals surface area contributed by atoms with Crippen molar-refractivity contribution in [1.29, 1.82) is 0 Å². The third kappa shape index (κ3) is 1.78. The molecule has 1 aliphatic heterocycles. The number of ether oxygens (including phenoxy) is 1. The minimum atomic E-state index is -0.658. The maximum atomic E-state index is 13.7. The molecule has 2 aromatic rings. The monoisotopic (exact) mass is 272 g/mol. The van der Waals surface area contributed by atoms with Crippen LogP contribution >= 0.6 is 11.6 Å². The zero-order chi connectivity index (χ0) is 12.7. The Bertz CT molecular complexity index is 593. The van der Waals surface area contributed by atoms with E-state index in [0.717, 1.165) is 12.5 Å². The second kappa shape index (κ2) is 4.48. The Hall–Kier alpha value is -1.20. The molecule has 1 aromatic heterocycles. The Morgan fingerprint density at radius 2 is 2.28 bits per heavy atom. The standard InChI is InChI=1S/C12H11ClF2N2O/c13-5-11-16-12-9(15)3-7(14)4-10(12)17(11)8-1-2-18-6-8/h3-4,8H,1-2,5-6H2. The summed E-state index contributed by atoms with van der Waals surface area (Å²) in [6.45, 7) is 1.16. The van der Waals surface area contributed by atoms with Crippen LogP contribution in [0.15, 0.2) is 12.1 Å². The first-order chi connectivity index (χ1) is 8.70. The van der Waals surface area contributed by atoms with Crippen molar-refractivity contribution >= 4 is 22.6 Å². The summed E-state index contributed by atoms with van der Waals surface area (Å²) in [6, 6.07) is 2.17. The van der Waals surface area contributed by atoms with E-state index in [2.05, 4.69) is 4.98 Å². The van der Waals surface area contributed by atoms with Crippen molar-refractivity contribution in [1.82, 2.24) is 9.55 Å². The fraction of sp³-hybridized carbons (Fsp3) is 0.417. The molecular formula is C12H11ClF2N2O. The van der Waals surface area contributed by atoms with Gasteiger partial charge in [0, 0.05) is 12.7 Å². The number of rotatable bonds is 2. The molecule has 0 spiro atoms. The molecule has 18 heavy (non-hydrogen) atoms. The van der Waals surface area contributed by atoms with Gasteiger partial charge in [0.2, 0.25) is 0 Å². The van der Waals surface area contributed by atoms with E-state index in [4.69, 9.17) is 16.3 Å². The van der Waals surface area contributed by atoms with Crippen molar-refractivity contribution in [3.05, 3.63) is 29.6 Å². The van der Waals surface area contributed by atoms with Gasteiger partial charge >= 0.3 is 0 Å². The molecule has 2 heterocycles. The molecule has 1 aliphatic rings. The van der Waals surface area contributed by atoms with Crippen molar-refractivity contribution in [3.8, 4) is 0 Å². The number of imidazole rings is 1. The van der Waals surface area contributed by atoms with Crippen molar-refractivity contribution in [3.63, 3.8) is 0 Å². The quantitative estimate of drug-likeness (QED) is 0.786. The summed E-state index contributed by atoms with van der Waals surface area (Å²) in [6.07, 6.45) is 0.799. The maximum Gasteiger partial charge on any atom is 0.153 e. The number of hydrogen-bond acceptors (Lipinski definition) is 2. The summed E-state index contributed by atoms with van der Waals surface area (Å²) in [5.74, 6) is -0.562. The van der Waals surface area contributed by atoms with Gasteiger partial charge in [0.1, 0.15) is 17.2 Å². The van der Waals surface area contributed by atoms with E-state index < -0.39 is 11.6 Å². The molecule has 6 heteroatoms. The zero-order valence-corrected chi connectivity index (χ0v) is 10.3. The van der Waals surface area contributed by atoms with Crippen LogP contribution in [-0.4, -0.2) is 22.8 Å². The SMILES string of the molecule is Fc1cc(F)c2nc(CCl)n(C3CCOC3)c2c1. The Kier molecular flexibility index (Phi) is 2.95. The third-order valence-corrected chi connectivity index (χ3v) is 3.42. The highest BCUT2D eigenvalue weighted by molar-refractivity contribution is 6.16. The van der Waals surface area contributed by atoms with E-state index in [0.29, 0.717) is 24.6 Å². The first-order valence-electron chi connectivity index (χ1n) is 5.70. The van der Waals surface area contributed by atoms with Gasteiger partial charge < -0.3 is 9.30 Å². The zero-order valence-electron chi connectivity index (χ0n) is 9.50. The van der Waals surface area contributed by atoms with Crippen molar-refractivity contribution in [2.24, 2.45) is 0 Å². The highest BCUT2D eigenvalue weighted by atomic mass is 35.5. The fourth-order valence-corrected chi connectivity index (χ4v) is 2.58. The number of halogens is 3. The lowest BCUT2D eigenvalue weighted by atomic mass is 10.2. The van der Waals surface area contributed by atoms with Crippen LogP contribution in [0.25, 0.3) is 11.0 Å². The molecule has 1 unspecified atom stereocenters. The second-order valence-corrected chi connectivity index (χ2v) is 4.57. The first kappa shape index (κ1) is 11.9. The van der Waals surface area contributed by atoms with Gasteiger partial charge in [0.05, 0.1) is 24.0 Å². The maximum absolute atomic E-state index is 13.7. The van der Waals surface area contributed by atoms with Crippen LogP contribution in [0.5, 0.6) is 0 Å². The van der Waals surface area contributed by atoms with E-state index in [1.165, 1.54) is 6.07 Å². The van der Waals surface area contributed by atoms with Crippen LogP contribution in [0.1, 0.15) is 18.3 Å². The minimum absolute atomic E-state index is 0.0462. The Morgan fingerprint density at radius 3 is 2.94 bits per heavy atom. The van der Waals surface area contributed by atoms with E-state index in [9.17, 15) is 8.78 Å². The number of fused-ring (bicyclic) bond motifs is 1. The molecule has 96 valence electrons. The summed E-state index contributed by atoms with van der Waals surface area (Å²) >= 11 is 5.83. The summed E-state index contributed by atoms with van der Waals surface area (Å²) in [5, 5.41) is 0. The number of nitrogens with zero attached hydrogens (tertiary/aromatic N) is 2. The van der Waals surface area contributed by atoms with Gasteiger partial charge in [-0.1, -0.05) is 0 Å². The van der Waals surface area contributed by atoms with Crippen LogP contribution < -0.4 is 0 Å². The van der Waals surface area contributed by atoms with Crippen LogP contribution in [-0.2, 0) is 10.6 Å². The molecule has 3 nitrogen and oxygen atoms in total. The van der Waals surface area contributed by atoms with Crippen LogP contribution in [0.2, 0.25) is 0 Å². The second-order valence-electron chi connectivity index (χ2n) is 4.30. The summed E-state index contributed by atoms with van der Waals surface area (Å²) in [7, 11) is 0. The molecule has 0 radical (unpaired) electrons. The van der Waals surface area contributed by atoms with Crippen LogP contribution in [0.4, 0.5) is 8.78 Å². The van der Waals surface area contributed by atoms with E-state index in [1.54, 1.807) is 4.57 Å². The Morgan fingerprint density at radius 1 is 1.44 bits per heavy atom. The van der Waals surface area contributed by atoms with Gasteiger partial charge in [-0.2, -0.15) is 0 Å². The lowest BCUT2D eigenvalue weighted by Crippen LogP contribution is -2.11. The largest absolute Gasteiger partial charge is 0.379 e. The average molecular weight is 273 g/mol. The topological polar surface area (TPSA) is 27.1 Å². The lowest BCUT2D eigenvalue weighted by molar-refractivity contribution is 0.187. The molecule has 0 N–H and O–H groups in total. The Labute approximate surface area is 107 Å². The highest BCUT2D eigenvalue weighted by Crippen LogP contribution is 2.29. The molecule has 1 atom stereocenters. The predicted octanol–water partition coefficient (Wildman–Crippen LogP) is 3.01. The third-order valence-electron chi connectivity index (χ3n) is 3.18. The summed E-state index contributed by atoms with van der Waals surface area (Å²) < 4.78 is 34.1. The summed E-state index contributed by atoms with van der Waals surface area (Å²) in [5.41, 5.74) is 0.609. The normalized spacial score (nSPS) is 19.8. The van der Waals surface area contributed by atoms with Gasteiger partial charge in [-0.15, -0.1) is 11.6 Å². The predicted molar refractivity (Wildman–Crippen MR) is 63.7 cm³/mol. The van der Waals surface area contributed by atoms with Gasteiger partial charge in [-0.25, -0.2) is 13.8 Å². The summed E-state index contributed by atoms with van der Waals surface area (Å²) in [4.78, 5) is 4.15. The fourth-order valence-electron chi connectivity index (χ4n) is 2.40. The lowest BCUT2D eigenvalue weighted by Gasteiger charge is -2.13. The molecule has 1 aromatic carbocycles. The smallest absolute Gasteiger partial charge is 0.153 e. The van der Waals surface area contributed by atoms with Gasteiger partial charge in [-0.3, -0.25) is 0 Å². The van der Waals surface area contributed by atoms with E-state index in [1.807, 2.05) is 0 Å². The van der Waals surface area contributed by atoms with Gasteiger partial charge in [0.15, 0.2) is 5.82 Å². The highest BCUT2D eigenvalue weighted by Gasteiger charge is 2.24. The molecule has 0 bridgehead atoms. The van der Waals surface area contributed by atoms with Gasteiger partial charge in [-0.05, 0) is 12.5 Å². The molecule has 0 aliphatic carbocycles. The minimum Gasteiger partial charge on any atom is -0.379 e. The molecule has 0 saturated carbocycles. The van der Waals surface area contributed by atoms with E-state index >= 15 is 0 Å². The van der Waals surface area contributed by atoms with Crippen LogP contribution in [0.3, 0.4) is 0 Å². The number of benzene rings is 1. The van der Waals surface area contributed by atoms with Gasteiger partial charge in [0.25, 0.3) is 0 Å². The van der Waals surface area contributed by atoms with Crippen molar-refractivity contribution in [2.45, 2.75) is 18.3 Å². The molecular weight excluding hydrogens is 262 g/mol. The van der Waals surface area contributed by atoms with Crippen LogP contribution in [0, 0.1) is 11.6 Å². The molecule has 3 rings (SSSR count). The first-order valence-corrected chi connectivity index (χ1v) is 6.23. The molecule has 1 fully saturated rings. The number of alkyl halides is 1. The Balaban J connectivity index is 2.26.